The Morgan fingerprint density at radius 1 is 0.649 bits per heavy atom. The van der Waals surface area contributed by atoms with Gasteiger partial charge in [-0.2, -0.15) is 10.2 Å². The molecule has 0 spiro atoms. The van der Waals surface area contributed by atoms with Crippen LogP contribution in [0.3, 0.4) is 0 Å². The molecule has 57 heavy (non-hydrogen) atoms. The predicted octanol–water partition coefficient (Wildman–Crippen LogP) is 11.9. The van der Waals surface area contributed by atoms with Crippen molar-refractivity contribution in [2.45, 2.75) is 103 Å². The van der Waals surface area contributed by atoms with Gasteiger partial charge >= 0.3 is 11.9 Å². The molecule has 0 aliphatic heterocycles. The van der Waals surface area contributed by atoms with Gasteiger partial charge in [-0.15, -0.1) is 0 Å². The SMILES string of the molecule is C.C.C.C.CCN(CCOC(=O)C(C)(C)CC(C)(CC)C(=O)OCCCCCCN(C)c1ccc([N+](=O)[O-])cc1)c1ccc(N=Nc2ccc([N+](=O)[O-])cc2)cc1. The van der Waals surface area contributed by atoms with Gasteiger partial charge in [-0.25, -0.2) is 0 Å². The lowest BCUT2D eigenvalue weighted by molar-refractivity contribution is -0.385. The van der Waals surface area contributed by atoms with Gasteiger partial charge in [0.05, 0.1) is 45.2 Å². The van der Waals surface area contributed by atoms with Crippen molar-refractivity contribution in [3.63, 3.8) is 0 Å². The maximum absolute atomic E-state index is 13.2. The summed E-state index contributed by atoms with van der Waals surface area (Å²) < 4.78 is 11.4. The van der Waals surface area contributed by atoms with Crippen LogP contribution in [0.2, 0.25) is 0 Å². The number of nitro benzene ring substituents is 2. The number of anilines is 2. The molecule has 0 aliphatic rings. The third kappa shape index (κ3) is 16.7. The van der Waals surface area contributed by atoms with Crippen molar-refractivity contribution in [2.75, 3.05) is 49.7 Å². The standard InChI is InChI=1S/C39H52N6O8.4CH4/c1-7-39(5,37(47)52-27-12-10-9-11-25-42(6)32-21-23-35(24-22-32)45(50)51)29-38(3,4)36(46)53-28-26-43(8-2)33-17-13-30(14-18-33)40-41-31-15-19-34(20-16-31)44(48)49;;;;/h13-24H,7-12,25-29H2,1-6H3;4*1H4. The molecule has 0 radical (unpaired) electrons. The van der Waals surface area contributed by atoms with Crippen LogP contribution in [-0.2, 0) is 19.1 Å². The van der Waals surface area contributed by atoms with Crippen molar-refractivity contribution in [2.24, 2.45) is 21.1 Å². The van der Waals surface area contributed by atoms with E-state index in [0.29, 0.717) is 37.5 Å². The summed E-state index contributed by atoms with van der Waals surface area (Å²) in [5.74, 6) is -0.687. The Morgan fingerprint density at radius 3 is 1.60 bits per heavy atom. The highest BCUT2D eigenvalue weighted by Crippen LogP contribution is 2.38. The van der Waals surface area contributed by atoms with Gasteiger partial charge in [-0.3, -0.25) is 29.8 Å². The molecule has 0 bridgehead atoms. The fourth-order valence-electron chi connectivity index (χ4n) is 5.89. The van der Waals surface area contributed by atoms with Gasteiger partial charge in [0.25, 0.3) is 11.4 Å². The van der Waals surface area contributed by atoms with E-state index in [0.717, 1.165) is 43.6 Å². The minimum atomic E-state index is -0.910. The molecular formula is C43H68N6O8. The summed E-state index contributed by atoms with van der Waals surface area (Å²) in [6.07, 6.45) is 4.34. The average Bonchev–Trinajstić information content (AvgIpc) is 3.15. The number of carbonyl (C=O) groups excluding carboxylic acids is 2. The highest BCUT2D eigenvalue weighted by molar-refractivity contribution is 5.80. The number of carbonyl (C=O) groups is 2. The van der Waals surface area contributed by atoms with Crippen molar-refractivity contribution < 1.29 is 28.9 Å². The first kappa shape index (κ1) is 53.7. The lowest BCUT2D eigenvalue weighted by Crippen LogP contribution is -2.39. The Bertz CT molecular complexity index is 1680. The molecule has 0 saturated carbocycles. The summed E-state index contributed by atoms with van der Waals surface area (Å²) in [6, 6.07) is 19.8. The van der Waals surface area contributed by atoms with E-state index in [4.69, 9.17) is 9.47 Å². The summed E-state index contributed by atoms with van der Waals surface area (Å²) in [4.78, 5) is 51.4. The van der Waals surface area contributed by atoms with Crippen molar-refractivity contribution in [3.05, 3.63) is 93.0 Å². The lowest BCUT2D eigenvalue weighted by Gasteiger charge is -2.34. The molecule has 14 nitrogen and oxygen atoms in total. The average molecular weight is 797 g/mol. The fraction of sp³-hybridized carbons (Fsp3) is 0.535. The van der Waals surface area contributed by atoms with Crippen LogP contribution < -0.4 is 9.80 Å². The number of nitrogens with zero attached hydrogens (tertiary/aromatic N) is 6. The highest BCUT2D eigenvalue weighted by Gasteiger charge is 2.43. The second kappa shape index (κ2) is 25.7. The normalized spacial score (nSPS) is 11.7. The number of non-ortho nitro benzene ring substituents is 2. The molecule has 3 aromatic carbocycles. The second-order valence-electron chi connectivity index (χ2n) is 13.9. The molecule has 1 unspecified atom stereocenters. The van der Waals surface area contributed by atoms with Crippen LogP contribution in [0, 0.1) is 31.1 Å². The molecule has 0 saturated heterocycles. The lowest BCUT2D eigenvalue weighted by atomic mass is 9.72. The van der Waals surface area contributed by atoms with Gasteiger partial charge in [-0.1, -0.05) is 43.1 Å². The summed E-state index contributed by atoms with van der Waals surface area (Å²) in [7, 11) is 1.96. The monoisotopic (exact) mass is 797 g/mol. The van der Waals surface area contributed by atoms with Crippen LogP contribution in [0.4, 0.5) is 34.1 Å². The van der Waals surface area contributed by atoms with Crippen LogP contribution in [0.15, 0.2) is 83.0 Å². The van der Waals surface area contributed by atoms with Gasteiger partial charge in [-0.05, 0) is 108 Å². The molecule has 0 N–H and O–H groups in total. The van der Waals surface area contributed by atoms with Gasteiger partial charge in [0, 0.05) is 55.8 Å². The first-order chi connectivity index (χ1) is 25.2. The quantitative estimate of drug-likeness (QED) is 0.0313. The van der Waals surface area contributed by atoms with Crippen LogP contribution in [-0.4, -0.2) is 61.7 Å². The van der Waals surface area contributed by atoms with E-state index in [-0.39, 0.29) is 66.0 Å². The Kier molecular flexibility index (Phi) is 24.2. The molecular weight excluding hydrogens is 729 g/mol. The molecule has 0 amide bonds. The molecule has 14 heteroatoms. The number of hydrogen-bond acceptors (Lipinski definition) is 12. The third-order valence-electron chi connectivity index (χ3n) is 9.31. The molecule has 3 rings (SSSR count). The van der Waals surface area contributed by atoms with Crippen LogP contribution >= 0.6 is 0 Å². The first-order valence-corrected chi connectivity index (χ1v) is 18.0. The Balaban J connectivity index is 0. The van der Waals surface area contributed by atoms with E-state index in [1.807, 2.05) is 52.1 Å². The van der Waals surface area contributed by atoms with Crippen LogP contribution in [0.25, 0.3) is 0 Å². The zero-order valence-corrected chi connectivity index (χ0v) is 31.7. The van der Waals surface area contributed by atoms with E-state index < -0.39 is 20.7 Å². The fourth-order valence-corrected chi connectivity index (χ4v) is 5.89. The number of nitro groups is 2. The van der Waals surface area contributed by atoms with Gasteiger partial charge < -0.3 is 19.3 Å². The first-order valence-electron chi connectivity index (χ1n) is 18.0. The van der Waals surface area contributed by atoms with E-state index in [2.05, 4.69) is 20.0 Å². The molecule has 3 aromatic rings. The van der Waals surface area contributed by atoms with E-state index in [1.165, 1.54) is 36.4 Å². The summed E-state index contributed by atoms with van der Waals surface area (Å²) in [5.41, 5.74) is 1.27. The maximum Gasteiger partial charge on any atom is 0.311 e. The summed E-state index contributed by atoms with van der Waals surface area (Å²) >= 11 is 0. The minimum Gasteiger partial charge on any atom is -0.465 e. The molecule has 0 aliphatic carbocycles. The third-order valence-corrected chi connectivity index (χ3v) is 9.31. The van der Waals surface area contributed by atoms with Gasteiger partial charge in [0.2, 0.25) is 0 Å². The van der Waals surface area contributed by atoms with Crippen molar-refractivity contribution in [3.8, 4) is 0 Å². The van der Waals surface area contributed by atoms with Crippen LogP contribution in [0.1, 0.15) is 103 Å². The molecule has 318 valence electrons. The molecule has 1 atom stereocenters. The number of ether oxygens (including phenoxy) is 2. The second-order valence-corrected chi connectivity index (χ2v) is 13.9. The van der Waals surface area contributed by atoms with Crippen molar-refractivity contribution in [1.82, 2.24) is 0 Å². The number of benzene rings is 3. The number of likely N-dealkylation sites (N-methyl/N-ethyl adjacent to an activating group) is 1. The van der Waals surface area contributed by atoms with E-state index in [1.54, 1.807) is 26.0 Å². The number of esters is 2. The van der Waals surface area contributed by atoms with Gasteiger partial charge in [0.1, 0.15) is 6.61 Å². The molecule has 0 heterocycles. The number of azo groups is 1. The Labute approximate surface area is 341 Å². The predicted molar refractivity (Wildman–Crippen MR) is 232 cm³/mol. The summed E-state index contributed by atoms with van der Waals surface area (Å²) in [5, 5.41) is 30.1. The van der Waals surface area contributed by atoms with Crippen molar-refractivity contribution >= 4 is 46.1 Å². The smallest absolute Gasteiger partial charge is 0.311 e. The molecule has 0 aromatic heterocycles. The zero-order chi connectivity index (χ0) is 39.0. The van der Waals surface area contributed by atoms with Crippen molar-refractivity contribution in [1.29, 1.82) is 0 Å². The van der Waals surface area contributed by atoms with Gasteiger partial charge in [0.15, 0.2) is 0 Å². The Morgan fingerprint density at radius 2 is 1.11 bits per heavy atom. The summed E-state index contributed by atoms with van der Waals surface area (Å²) in [6.45, 7) is 11.8. The van der Waals surface area contributed by atoms with E-state index in [9.17, 15) is 29.8 Å². The van der Waals surface area contributed by atoms with Crippen LogP contribution in [0.5, 0.6) is 0 Å². The Hall–Kier alpha value is -5.40. The largest absolute Gasteiger partial charge is 0.465 e. The highest BCUT2D eigenvalue weighted by atomic mass is 16.6. The maximum atomic E-state index is 13.2. The topological polar surface area (TPSA) is 170 Å². The molecule has 0 fully saturated rings. The minimum absolute atomic E-state index is 0. The number of rotatable bonds is 22. The van der Waals surface area contributed by atoms with E-state index >= 15 is 0 Å². The number of unbranched alkanes of at least 4 members (excludes halogenated alkanes) is 3. The number of hydrogen-bond donors (Lipinski definition) is 0. The zero-order valence-electron chi connectivity index (χ0n) is 31.7.